The Morgan fingerprint density at radius 2 is 2.00 bits per heavy atom. The number of anilines is 1. The zero-order valence-electron chi connectivity index (χ0n) is 11.9. The molecular weight excluding hydrogens is 240 g/mol. The fraction of sp³-hybridized carbons (Fsp3) is 0.467. The lowest BCUT2D eigenvalue weighted by Gasteiger charge is -2.32. The Balaban J connectivity index is 2.42. The van der Waals surface area contributed by atoms with Gasteiger partial charge < -0.3 is 9.80 Å². The van der Waals surface area contributed by atoms with Crippen LogP contribution in [0.3, 0.4) is 0 Å². The van der Waals surface area contributed by atoms with Crippen LogP contribution in [0.15, 0.2) is 18.2 Å². The number of amides is 2. The molecule has 0 saturated carbocycles. The number of carbonyl (C=O) groups is 2. The molecule has 0 fully saturated rings. The Hall–Kier alpha value is -1.84. The molecular formula is C15H20N2O2. The molecule has 1 atom stereocenters. The van der Waals surface area contributed by atoms with Crippen molar-refractivity contribution < 1.29 is 9.59 Å². The molecule has 4 heteroatoms. The van der Waals surface area contributed by atoms with Crippen molar-refractivity contribution in [3.63, 3.8) is 0 Å². The van der Waals surface area contributed by atoms with E-state index in [4.69, 9.17) is 0 Å². The molecule has 102 valence electrons. The predicted molar refractivity (Wildman–Crippen MR) is 75.4 cm³/mol. The van der Waals surface area contributed by atoms with E-state index in [0.29, 0.717) is 11.5 Å². The van der Waals surface area contributed by atoms with Gasteiger partial charge in [0.15, 0.2) is 0 Å². The van der Waals surface area contributed by atoms with E-state index in [-0.39, 0.29) is 11.8 Å². The Morgan fingerprint density at radius 1 is 1.32 bits per heavy atom. The number of nitrogens with zero attached hydrogens (tertiary/aromatic N) is 2. The number of hydrogen-bond acceptors (Lipinski definition) is 2. The van der Waals surface area contributed by atoms with Crippen LogP contribution in [0, 0.1) is 5.92 Å². The molecule has 19 heavy (non-hydrogen) atoms. The van der Waals surface area contributed by atoms with Crippen LogP contribution < -0.4 is 4.90 Å². The van der Waals surface area contributed by atoms with Crippen molar-refractivity contribution in [2.75, 3.05) is 25.5 Å². The third kappa shape index (κ3) is 2.62. The number of carbonyl (C=O) groups excluding carboxylic acids is 2. The highest BCUT2D eigenvalue weighted by molar-refractivity contribution is 5.97. The summed E-state index contributed by atoms with van der Waals surface area (Å²) in [5.74, 6) is 0.469. The zero-order valence-corrected chi connectivity index (χ0v) is 11.9. The van der Waals surface area contributed by atoms with E-state index in [2.05, 4.69) is 6.92 Å². The van der Waals surface area contributed by atoms with Crippen LogP contribution in [0.25, 0.3) is 0 Å². The van der Waals surface area contributed by atoms with Crippen molar-refractivity contribution in [1.82, 2.24) is 4.90 Å². The molecule has 1 aromatic rings. The summed E-state index contributed by atoms with van der Waals surface area (Å²) in [7, 11) is 3.48. The molecule has 0 saturated heterocycles. The molecule has 0 radical (unpaired) electrons. The maximum Gasteiger partial charge on any atom is 0.253 e. The zero-order chi connectivity index (χ0) is 14.2. The lowest BCUT2D eigenvalue weighted by molar-refractivity contribution is -0.116. The molecule has 0 unspecified atom stereocenters. The molecule has 1 aliphatic rings. The molecule has 2 rings (SSSR count). The van der Waals surface area contributed by atoms with Gasteiger partial charge in [-0.25, -0.2) is 0 Å². The van der Waals surface area contributed by atoms with Crippen molar-refractivity contribution in [1.29, 1.82) is 0 Å². The molecule has 0 aromatic heterocycles. The highest BCUT2D eigenvalue weighted by Crippen LogP contribution is 2.30. The maximum atomic E-state index is 12.0. The molecule has 1 aromatic carbocycles. The second kappa shape index (κ2) is 5.03. The Morgan fingerprint density at radius 3 is 2.58 bits per heavy atom. The van der Waals surface area contributed by atoms with Gasteiger partial charge in [0.25, 0.3) is 5.91 Å². The quantitative estimate of drug-likeness (QED) is 0.774. The van der Waals surface area contributed by atoms with Crippen LogP contribution in [0.4, 0.5) is 5.69 Å². The van der Waals surface area contributed by atoms with Crippen molar-refractivity contribution in [3.8, 4) is 0 Å². The van der Waals surface area contributed by atoms with E-state index in [1.807, 2.05) is 12.1 Å². The van der Waals surface area contributed by atoms with Gasteiger partial charge in [-0.1, -0.05) is 6.92 Å². The third-order valence-corrected chi connectivity index (χ3v) is 3.47. The molecule has 0 bridgehead atoms. The predicted octanol–water partition coefficient (Wildman–Crippen LogP) is 1.93. The molecule has 1 aliphatic heterocycles. The van der Waals surface area contributed by atoms with Gasteiger partial charge in [-0.05, 0) is 36.1 Å². The molecule has 0 spiro atoms. The van der Waals surface area contributed by atoms with Gasteiger partial charge in [-0.15, -0.1) is 0 Å². The van der Waals surface area contributed by atoms with Crippen LogP contribution in [-0.4, -0.2) is 37.4 Å². The highest BCUT2D eigenvalue weighted by Gasteiger charge is 2.25. The van der Waals surface area contributed by atoms with Gasteiger partial charge in [0.1, 0.15) is 0 Å². The van der Waals surface area contributed by atoms with Crippen molar-refractivity contribution in [2.45, 2.75) is 20.3 Å². The molecule has 2 amide bonds. The van der Waals surface area contributed by atoms with Crippen LogP contribution in [0.1, 0.15) is 29.8 Å². The van der Waals surface area contributed by atoms with Gasteiger partial charge in [0.05, 0.1) is 0 Å². The average molecular weight is 260 g/mol. The van der Waals surface area contributed by atoms with Crippen molar-refractivity contribution in [2.24, 2.45) is 5.92 Å². The molecule has 4 nitrogen and oxygen atoms in total. The third-order valence-electron chi connectivity index (χ3n) is 3.47. The first-order valence-corrected chi connectivity index (χ1v) is 6.53. The minimum Gasteiger partial charge on any atom is -0.345 e. The summed E-state index contributed by atoms with van der Waals surface area (Å²) in [5.41, 5.74) is 2.71. The van der Waals surface area contributed by atoms with E-state index >= 15 is 0 Å². The summed E-state index contributed by atoms with van der Waals surface area (Å²) in [6, 6.07) is 5.61. The first-order valence-electron chi connectivity index (χ1n) is 6.53. The topological polar surface area (TPSA) is 40.6 Å². The van der Waals surface area contributed by atoms with Crippen molar-refractivity contribution in [3.05, 3.63) is 29.3 Å². The first-order chi connectivity index (χ1) is 8.90. The normalized spacial score (nSPS) is 17.9. The number of benzene rings is 1. The lowest BCUT2D eigenvalue weighted by Crippen LogP contribution is -2.37. The summed E-state index contributed by atoms with van der Waals surface area (Å²) >= 11 is 0. The van der Waals surface area contributed by atoms with E-state index in [0.717, 1.165) is 24.2 Å². The molecule has 0 aliphatic carbocycles. The van der Waals surface area contributed by atoms with Crippen LogP contribution >= 0.6 is 0 Å². The van der Waals surface area contributed by atoms with E-state index < -0.39 is 0 Å². The summed E-state index contributed by atoms with van der Waals surface area (Å²) in [5, 5.41) is 0. The number of fused-ring (bicyclic) bond motifs is 1. The van der Waals surface area contributed by atoms with Gasteiger partial charge >= 0.3 is 0 Å². The lowest BCUT2D eigenvalue weighted by atomic mass is 9.92. The summed E-state index contributed by atoms with van der Waals surface area (Å²) < 4.78 is 0. The van der Waals surface area contributed by atoms with E-state index in [1.165, 1.54) is 0 Å². The Kier molecular flexibility index (Phi) is 3.60. The largest absolute Gasteiger partial charge is 0.345 e. The second-order valence-electron chi connectivity index (χ2n) is 5.48. The minimum absolute atomic E-state index is 0.00426. The van der Waals surface area contributed by atoms with Crippen LogP contribution in [0.5, 0.6) is 0 Å². The highest BCUT2D eigenvalue weighted by atomic mass is 16.2. The van der Waals surface area contributed by atoms with Gasteiger partial charge in [0, 0.05) is 38.8 Å². The standard InChI is InChI=1S/C15H20N2O2/c1-10-7-13-8-12(15(19)16(3)4)5-6-14(13)17(9-10)11(2)18/h5-6,8,10H,7,9H2,1-4H3/t10-/m1/s1. The average Bonchev–Trinajstić information content (AvgIpc) is 2.35. The molecule has 1 heterocycles. The van der Waals surface area contributed by atoms with Crippen LogP contribution in [0.2, 0.25) is 0 Å². The fourth-order valence-corrected chi connectivity index (χ4v) is 2.55. The monoisotopic (exact) mass is 260 g/mol. The first kappa shape index (κ1) is 13.6. The SMILES string of the molecule is CC(=O)N1C[C@H](C)Cc2cc(C(=O)N(C)C)ccc21. The summed E-state index contributed by atoms with van der Waals surface area (Å²) in [6.45, 7) is 4.46. The van der Waals surface area contributed by atoms with Gasteiger partial charge in [-0.2, -0.15) is 0 Å². The Labute approximate surface area is 114 Å². The fourth-order valence-electron chi connectivity index (χ4n) is 2.55. The summed E-state index contributed by atoms with van der Waals surface area (Å²) in [4.78, 5) is 27.0. The van der Waals surface area contributed by atoms with Gasteiger partial charge in [-0.3, -0.25) is 9.59 Å². The maximum absolute atomic E-state index is 12.0. The number of rotatable bonds is 1. The minimum atomic E-state index is -0.00426. The number of hydrogen-bond donors (Lipinski definition) is 0. The van der Waals surface area contributed by atoms with E-state index in [1.54, 1.807) is 36.9 Å². The van der Waals surface area contributed by atoms with Crippen LogP contribution in [-0.2, 0) is 11.2 Å². The summed E-state index contributed by atoms with van der Waals surface area (Å²) in [6.07, 6.45) is 0.910. The van der Waals surface area contributed by atoms with E-state index in [9.17, 15) is 9.59 Å². The molecule has 0 N–H and O–H groups in total. The van der Waals surface area contributed by atoms with Crippen molar-refractivity contribution >= 4 is 17.5 Å². The van der Waals surface area contributed by atoms with Gasteiger partial charge in [0.2, 0.25) is 5.91 Å². The second-order valence-corrected chi connectivity index (χ2v) is 5.48. The Bertz CT molecular complexity index is 523. The smallest absolute Gasteiger partial charge is 0.253 e.